The number of morpholine rings is 1. The third-order valence-electron chi connectivity index (χ3n) is 14.1. The largest absolute Gasteiger partial charge is 0.444 e. The summed E-state index contributed by atoms with van der Waals surface area (Å²) in [6.45, 7) is 10.5. The second-order valence-corrected chi connectivity index (χ2v) is 21.5. The molecule has 0 spiro atoms. The average Bonchev–Trinajstić information content (AvgIpc) is 4.08. The van der Waals surface area contributed by atoms with E-state index in [1.807, 2.05) is 72.8 Å². The van der Waals surface area contributed by atoms with E-state index in [-0.39, 0.29) is 18.9 Å². The zero-order valence-electron chi connectivity index (χ0n) is 43.0. The van der Waals surface area contributed by atoms with Crippen molar-refractivity contribution >= 4 is 62.3 Å². The van der Waals surface area contributed by atoms with Crippen LogP contribution in [0.3, 0.4) is 0 Å². The van der Waals surface area contributed by atoms with Gasteiger partial charge in [-0.25, -0.2) is 9.78 Å². The summed E-state index contributed by atoms with van der Waals surface area (Å²) in [5.41, 5.74) is -0.320. The molecule has 0 bridgehead atoms. The summed E-state index contributed by atoms with van der Waals surface area (Å²) in [6, 6.07) is 21.4. The number of ether oxygens (including phenoxy) is 2. The van der Waals surface area contributed by atoms with Crippen molar-refractivity contribution in [2.24, 2.45) is 5.92 Å². The number of hydrogen-bond acceptors (Lipinski definition) is 12. The van der Waals surface area contributed by atoms with Gasteiger partial charge in [-0.05, 0) is 89.5 Å². The summed E-state index contributed by atoms with van der Waals surface area (Å²) in [4.78, 5) is 93.8. The van der Waals surface area contributed by atoms with Gasteiger partial charge in [0.2, 0.25) is 23.4 Å². The molecule has 17 nitrogen and oxygen atoms in total. The predicted molar refractivity (Wildman–Crippen MR) is 281 cm³/mol. The molecule has 4 aromatic rings. The molecule has 1 aromatic heterocycles. The second-order valence-electron chi connectivity index (χ2n) is 20.5. The van der Waals surface area contributed by atoms with Crippen LogP contribution >= 0.6 is 11.3 Å². The smallest absolute Gasteiger partial charge is 0.410 e. The summed E-state index contributed by atoms with van der Waals surface area (Å²) < 4.78 is 11.9. The van der Waals surface area contributed by atoms with Crippen molar-refractivity contribution in [3.8, 4) is 0 Å². The maximum absolute atomic E-state index is 14.9. The van der Waals surface area contributed by atoms with Crippen LogP contribution in [0.5, 0.6) is 0 Å². The van der Waals surface area contributed by atoms with Crippen LogP contribution < -0.4 is 26.2 Å². The lowest BCUT2D eigenvalue weighted by atomic mass is 9.80. The summed E-state index contributed by atoms with van der Waals surface area (Å²) in [5, 5.41) is 25.3. The molecule has 3 fully saturated rings. The van der Waals surface area contributed by atoms with Gasteiger partial charge in [0.05, 0.1) is 29.0 Å². The van der Waals surface area contributed by atoms with Crippen molar-refractivity contribution in [2.75, 3.05) is 57.9 Å². The zero-order chi connectivity index (χ0) is 52.1. The van der Waals surface area contributed by atoms with Gasteiger partial charge in [-0.15, -0.1) is 0 Å². The number of rotatable bonds is 20. The van der Waals surface area contributed by atoms with Crippen molar-refractivity contribution in [2.45, 2.75) is 134 Å². The highest BCUT2D eigenvalue weighted by molar-refractivity contribution is 7.22. The molecule has 4 atom stereocenters. The number of aromatic nitrogens is 1. The highest BCUT2D eigenvalue weighted by Gasteiger charge is 2.52. The fourth-order valence-electron chi connectivity index (χ4n) is 9.99. The molecule has 394 valence electrons. The number of likely N-dealkylation sites (tertiary alicyclic amines) is 1. The van der Waals surface area contributed by atoms with Crippen LogP contribution in [0.2, 0.25) is 0 Å². The molecule has 2 saturated heterocycles. The molecule has 3 heterocycles. The fourth-order valence-corrected chi connectivity index (χ4v) is 11.0. The number of benzene rings is 3. The Balaban J connectivity index is 1.000. The lowest BCUT2D eigenvalue weighted by Crippen LogP contribution is -2.67. The maximum atomic E-state index is 14.9. The van der Waals surface area contributed by atoms with Crippen LogP contribution in [-0.4, -0.2) is 138 Å². The van der Waals surface area contributed by atoms with Gasteiger partial charge in [0.1, 0.15) is 23.7 Å². The lowest BCUT2D eigenvalue weighted by molar-refractivity contribution is -0.171. The summed E-state index contributed by atoms with van der Waals surface area (Å²) in [5.74, 6) is -3.90. The summed E-state index contributed by atoms with van der Waals surface area (Å²) in [7, 11) is 1.42. The van der Waals surface area contributed by atoms with Crippen LogP contribution in [0.1, 0.15) is 126 Å². The van der Waals surface area contributed by atoms with E-state index in [4.69, 9.17) is 14.5 Å². The third kappa shape index (κ3) is 13.9. The first-order valence-corrected chi connectivity index (χ1v) is 26.9. The Bertz CT molecular complexity index is 2470. The topological polar surface area (TPSA) is 212 Å². The van der Waals surface area contributed by atoms with Crippen LogP contribution in [0.25, 0.3) is 10.2 Å². The minimum absolute atomic E-state index is 0.147. The van der Waals surface area contributed by atoms with Crippen LogP contribution in [0.4, 0.5) is 9.93 Å². The van der Waals surface area contributed by atoms with Crippen molar-refractivity contribution in [1.82, 2.24) is 36.1 Å². The number of aliphatic hydroxyl groups is 1. The number of amides is 6. The molecule has 6 amide bonds. The van der Waals surface area contributed by atoms with Gasteiger partial charge in [0.25, 0.3) is 11.8 Å². The second kappa shape index (κ2) is 25.2. The monoisotopic (exact) mass is 1020 g/mol. The van der Waals surface area contributed by atoms with Crippen molar-refractivity contribution in [1.29, 1.82) is 0 Å². The van der Waals surface area contributed by atoms with Gasteiger partial charge < -0.3 is 45.6 Å². The number of carbonyl (C=O) groups excluding carboxylic acids is 6. The molecule has 1 unspecified atom stereocenters. The molecule has 1 aliphatic carbocycles. The van der Waals surface area contributed by atoms with E-state index >= 15 is 0 Å². The molecule has 5 N–H and O–H groups in total. The SMILES string of the molecule is C[C@@H](C(=O)NC(O)(C(=O)N1CCC[C@H]1C(=O)N[C@H](C(=O)NCCCCCCNC(=O)c1cccc2sc(N3CCOCC3)nc12)C(c1ccccc1)c1ccccc1)C1CCCCC1)N(C)C(=O)OC(C)(C)C. The number of nitrogens with one attached hydrogen (secondary N) is 4. The average molecular weight is 1020 g/mol. The number of likely N-dealkylation sites (N-methyl/N-ethyl adjacent to an activating group) is 1. The summed E-state index contributed by atoms with van der Waals surface area (Å²) >= 11 is 1.58. The number of para-hydroxylation sites is 1. The molecule has 18 heteroatoms. The molecular weight excluding hydrogens is 949 g/mol. The third-order valence-corrected chi connectivity index (χ3v) is 15.2. The van der Waals surface area contributed by atoms with Crippen molar-refractivity contribution in [3.05, 3.63) is 95.6 Å². The van der Waals surface area contributed by atoms with Gasteiger partial charge in [-0.1, -0.05) is 110 Å². The predicted octanol–water partition coefficient (Wildman–Crippen LogP) is 6.49. The maximum Gasteiger partial charge on any atom is 0.410 e. The highest BCUT2D eigenvalue weighted by atomic mass is 32.1. The minimum atomic E-state index is -2.37. The van der Waals surface area contributed by atoms with Crippen LogP contribution in [0, 0.1) is 5.92 Å². The van der Waals surface area contributed by atoms with Crippen molar-refractivity contribution in [3.63, 3.8) is 0 Å². The molecule has 73 heavy (non-hydrogen) atoms. The quantitative estimate of drug-likeness (QED) is 0.0477. The number of fused-ring (bicyclic) bond motifs is 1. The Hall–Kier alpha value is -6.11. The first kappa shape index (κ1) is 54.7. The molecule has 1 saturated carbocycles. The minimum Gasteiger partial charge on any atom is -0.444 e. The standard InChI is InChI=1S/C55H74N8O9S/c1-37(61(5)53(69)72-54(2,3)4)47(64)60-55(70,40-25-15-10-16-26-40)51(68)63-32-20-28-42(63)49(66)58-46(44(38-21-11-8-12-22-38)39-23-13-9-14-24-39)50(67)57-31-18-7-6-17-30-56-48(65)41-27-19-29-43-45(41)59-52(73-43)62-33-35-71-36-34-62/h8-9,11-14,19,21-24,27,29,37,40,42,44,46,70H,6-7,10,15-18,20,25-26,28,30-36H2,1-5H3,(H,56,65)(H,57,67)(H,58,66)(H,60,64)/t37-,42-,46-,55?/m0/s1. The van der Waals surface area contributed by atoms with Crippen LogP contribution in [0.15, 0.2) is 78.9 Å². The number of unbranched alkanes of at least 4 members (excludes halogenated alkanes) is 3. The Kier molecular flexibility index (Phi) is 18.9. The number of carbonyl (C=O) groups is 6. The van der Waals surface area contributed by atoms with E-state index in [2.05, 4.69) is 26.2 Å². The molecule has 0 radical (unpaired) electrons. The van der Waals surface area contributed by atoms with Gasteiger partial charge in [-0.3, -0.25) is 28.9 Å². The van der Waals surface area contributed by atoms with Gasteiger partial charge in [0.15, 0.2) is 5.13 Å². The van der Waals surface area contributed by atoms with E-state index in [0.29, 0.717) is 63.1 Å². The zero-order valence-corrected chi connectivity index (χ0v) is 43.8. The Morgan fingerprint density at radius 3 is 2.05 bits per heavy atom. The fraction of sp³-hybridized carbons (Fsp3) is 0.545. The van der Waals surface area contributed by atoms with Gasteiger partial charge >= 0.3 is 6.09 Å². The molecular formula is C55H74N8O9S. The number of nitrogens with zero attached hydrogens (tertiary/aromatic N) is 4. The Morgan fingerprint density at radius 1 is 0.795 bits per heavy atom. The Labute approximate surface area is 433 Å². The van der Waals surface area contributed by atoms with Crippen molar-refractivity contribution < 1.29 is 43.3 Å². The Morgan fingerprint density at radius 2 is 1.42 bits per heavy atom. The van der Waals surface area contributed by atoms with Crippen LogP contribution in [-0.2, 0) is 28.7 Å². The summed E-state index contributed by atoms with van der Waals surface area (Å²) in [6.07, 6.45) is 6.34. The molecule has 3 aliphatic rings. The van der Waals surface area contributed by atoms with Gasteiger partial charge in [0, 0.05) is 51.6 Å². The number of anilines is 1. The van der Waals surface area contributed by atoms with E-state index < -0.39 is 71.0 Å². The highest BCUT2D eigenvalue weighted by Crippen LogP contribution is 2.36. The van der Waals surface area contributed by atoms with Gasteiger partial charge in [-0.2, -0.15) is 0 Å². The first-order chi connectivity index (χ1) is 35.1. The molecule has 2 aliphatic heterocycles. The first-order valence-electron chi connectivity index (χ1n) is 26.1. The molecule has 3 aromatic carbocycles. The lowest BCUT2D eigenvalue weighted by Gasteiger charge is -2.42. The number of thiazole rings is 1. The van der Waals surface area contributed by atoms with E-state index in [9.17, 15) is 33.9 Å². The van der Waals surface area contributed by atoms with E-state index in [0.717, 1.165) is 77.5 Å². The molecule has 7 rings (SSSR count). The van der Waals surface area contributed by atoms with E-state index in [1.165, 1.54) is 18.9 Å². The number of hydrogen-bond donors (Lipinski definition) is 5. The van der Waals surface area contributed by atoms with E-state index in [1.54, 1.807) is 38.2 Å². The normalized spacial score (nSPS) is 18.1.